The van der Waals surface area contributed by atoms with Crippen molar-refractivity contribution in [2.45, 2.75) is 25.7 Å². The van der Waals surface area contributed by atoms with E-state index in [1.807, 2.05) is 0 Å². The number of nitrogens with two attached hydrogens (primary N) is 1. The van der Waals surface area contributed by atoms with E-state index in [0.717, 1.165) is 11.8 Å². The molecule has 0 radical (unpaired) electrons. The van der Waals surface area contributed by atoms with Gasteiger partial charge in [0.15, 0.2) is 15.5 Å². The van der Waals surface area contributed by atoms with Crippen LogP contribution in [0.25, 0.3) is 10.9 Å². The highest BCUT2D eigenvalue weighted by Gasteiger charge is 2.21. The lowest BCUT2D eigenvalue weighted by Crippen LogP contribution is -2.17. The molecule has 3 aromatic rings. The molecule has 26 heavy (non-hydrogen) atoms. The molecular weight excluding hydrogens is 358 g/mol. The molecule has 0 aliphatic heterocycles. The summed E-state index contributed by atoms with van der Waals surface area (Å²) in [6.45, 7) is 5.28. The number of amides is 1. The zero-order valence-corrected chi connectivity index (χ0v) is 15.4. The van der Waals surface area contributed by atoms with Crippen LogP contribution in [0.5, 0.6) is 0 Å². The highest BCUT2D eigenvalue weighted by atomic mass is 32.2. The number of nitrogens with one attached hydrogen (secondary N) is 1. The maximum atomic E-state index is 12.0. The highest BCUT2D eigenvalue weighted by molar-refractivity contribution is 7.90. The van der Waals surface area contributed by atoms with E-state index < -0.39 is 15.7 Å². The van der Waals surface area contributed by atoms with E-state index in [9.17, 15) is 13.2 Å². The van der Waals surface area contributed by atoms with Crippen molar-refractivity contribution in [2.24, 2.45) is 5.73 Å². The number of anilines is 2. The lowest BCUT2D eigenvalue weighted by atomic mass is 10.1. The minimum absolute atomic E-state index is 0.0967. The third kappa shape index (κ3) is 2.99. The average Bonchev–Trinajstić information content (AvgIpc) is 2.86. The molecule has 0 bridgehead atoms. The fourth-order valence-corrected chi connectivity index (χ4v) is 3.23. The van der Waals surface area contributed by atoms with E-state index in [1.165, 1.54) is 12.1 Å². The van der Waals surface area contributed by atoms with Crippen LogP contribution in [-0.2, 0) is 9.84 Å². The van der Waals surface area contributed by atoms with Crippen LogP contribution in [0.2, 0.25) is 0 Å². The second-order valence-corrected chi connectivity index (χ2v) is 8.06. The lowest BCUT2D eigenvalue weighted by molar-refractivity contribution is 0.0995. The van der Waals surface area contributed by atoms with Crippen molar-refractivity contribution in [2.75, 3.05) is 11.6 Å². The predicted molar refractivity (Wildman–Crippen MR) is 95.2 cm³/mol. The van der Waals surface area contributed by atoms with Crippen LogP contribution in [0, 0.1) is 20.8 Å². The van der Waals surface area contributed by atoms with Crippen LogP contribution in [0.1, 0.15) is 27.3 Å². The number of nitrogens with zero attached hydrogens (tertiary/aromatic N) is 3. The smallest absolute Gasteiger partial charge is 0.271 e. The fourth-order valence-electron chi connectivity index (χ4n) is 2.51. The Morgan fingerprint density at radius 2 is 1.88 bits per heavy atom. The summed E-state index contributed by atoms with van der Waals surface area (Å²) in [7, 11) is -3.47. The maximum absolute atomic E-state index is 12.0. The Hall–Kier alpha value is -3.01. The fraction of sp³-hybridized carbons (Fsp3) is 0.250. The van der Waals surface area contributed by atoms with Gasteiger partial charge in [-0.15, -0.1) is 10.2 Å². The van der Waals surface area contributed by atoms with E-state index in [2.05, 4.69) is 20.7 Å². The van der Waals surface area contributed by atoms with Crippen LogP contribution in [-0.4, -0.2) is 35.9 Å². The lowest BCUT2D eigenvalue weighted by Gasteiger charge is -2.13. The van der Waals surface area contributed by atoms with E-state index >= 15 is 0 Å². The molecule has 3 N–H and O–H groups in total. The summed E-state index contributed by atoms with van der Waals surface area (Å²) in [6.07, 6.45) is 1.11. The first-order valence-electron chi connectivity index (χ1n) is 7.60. The largest absolute Gasteiger partial charge is 0.364 e. The Morgan fingerprint density at radius 1 is 1.19 bits per heavy atom. The van der Waals surface area contributed by atoms with Crippen LogP contribution >= 0.6 is 0 Å². The van der Waals surface area contributed by atoms with Gasteiger partial charge in [-0.1, -0.05) is 5.16 Å². The molecule has 0 aliphatic rings. The summed E-state index contributed by atoms with van der Waals surface area (Å²) in [5.74, 6) is -0.500. The number of sulfone groups is 1. The average molecular weight is 375 g/mol. The van der Waals surface area contributed by atoms with Crippen LogP contribution in [0.4, 0.5) is 11.6 Å². The summed E-state index contributed by atoms with van der Waals surface area (Å²) in [4.78, 5) is 11.9. The summed E-state index contributed by atoms with van der Waals surface area (Å²) in [5, 5.41) is 15.1. The highest BCUT2D eigenvalue weighted by Crippen LogP contribution is 2.32. The first-order valence-corrected chi connectivity index (χ1v) is 9.49. The Morgan fingerprint density at radius 3 is 2.42 bits per heavy atom. The summed E-state index contributed by atoms with van der Waals surface area (Å²) < 4.78 is 29.2. The van der Waals surface area contributed by atoms with E-state index in [-0.39, 0.29) is 16.3 Å². The normalized spacial score (nSPS) is 11.7. The number of benzene rings is 1. The number of fused-ring (bicyclic) bond motifs is 1. The van der Waals surface area contributed by atoms with Crippen molar-refractivity contribution < 1.29 is 17.7 Å². The molecule has 0 spiro atoms. The molecule has 9 nitrogen and oxygen atoms in total. The van der Waals surface area contributed by atoms with Gasteiger partial charge in [0.25, 0.3) is 5.91 Å². The molecule has 0 unspecified atom stereocenters. The first kappa shape index (κ1) is 17.8. The molecule has 3 rings (SSSR count). The summed E-state index contributed by atoms with van der Waals surface area (Å²) >= 11 is 0. The number of aromatic nitrogens is 3. The minimum atomic E-state index is -3.47. The molecule has 1 amide bonds. The summed E-state index contributed by atoms with van der Waals surface area (Å²) in [6, 6.07) is 2.93. The quantitative estimate of drug-likeness (QED) is 0.703. The molecule has 0 saturated heterocycles. The van der Waals surface area contributed by atoms with Crippen LogP contribution in [0.3, 0.4) is 0 Å². The molecule has 2 aromatic heterocycles. The zero-order chi connectivity index (χ0) is 19.2. The van der Waals surface area contributed by atoms with Gasteiger partial charge in [0.05, 0.1) is 21.8 Å². The topological polar surface area (TPSA) is 141 Å². The zero-order valence-electron chi connectivity index (χ0n) is 14.6. The number of carbonyl (C=O) groups excluding carboxylic acids is 1. The Labute approximate surface area is 149 Å². The van der Waals surface area contributed by atoms with Gasteiger partial charge in [0.2, 0.25) is 5.88 Å². The standard InChI is InChI=1S/C16H17N5O4S/c1-7-5-10(26(4,23)24)6-11-12(7)19-20-14(15(17)22)13(11)18-16-8(2)9(3)21-25-16/h5-6H,1-4H3,(H2,17,22)(H,18,19). The van der Waals surface area contributed by atoms with Crippen molar-refractivity contribution in [1.82, 2.24) is 15.4 Å². The van der Waals surface area contributed by atoms with Gasteiger partial charge in [-0.3, -0.25) is 4.79 Å². The van der Waals surface area contributed by atoms with Gasteiger partial charge < -0.3 is 15.6 Å². The third-order valence-corrected chi connectivity index (χ3v) is 5.18. The van der Waals surface area contributed by atoms with Gasteiger partial charge in [0, 0.05) is 17.2 Å². The summed E-state index contributed by atoms with van der Waals surface area (Å²) in [5.41, 5.74) is 7.96. The number of primary amides is 1. The first-order chi connectivity index (χ1) is 12.1. The van der Waals surface area contributed by atoms with Crippen LogP contribution in [0.15, 0.2) is 21.6 Å². The van der Waals surface area contributed by atoms with Crippen molar-refractivity contribution in [3.8, 4) is 0 Å². The van der Waals surface area contributed by atoms with Gasteiger partial charge in [-0.2, -0.15) is 0 Å². The number of hydrogen-bond donors (Lipinski definition) is 2. The molecule has 0 fully saturated rings. The molecule has 1 aromatic carbocycles. The molecule has 0 saturated carbocycles. The van der Waals surface area contributed by atoms with Crippen molar-refractivity contribution in [3.05, 3.63) is 34.6 Å². The van der Waals surface area contributed by atoms with Gasteiger partial charge in [-0.25, -0.2) is 8.42 Å². The second kappa shape index (κ2) is 6.06. The number of rotatable bonds is 4. The van der Waals surface area contributed by atoms with E-state index in [4.69, 9.17) is 10.3 Å². The number of hydrogen-bond acceptors (Lipinski definition) is 8. The molecule has 10 heteroatoms. The molecule has 136 valence electrons. The van der Waals surface area contributed by atoms with E-state index in [1.54, 1.807) is 20.8 Å². The van der Waals surface area contributed by atoms with Gasteiger partial charge in [-0.05, 0) is 38.5 Å². The Bertz CT molecular complexity index is 1150. The van der Waals surface area contributed by atoms with Gasteiger partial charge in [0.1, 0.15) is 0 Å². The third-order valence-electron chi connectivity index (χ3n) is 4.09. The monoisotopic (exact) mass is 375 g/mol. The van der Waals surface area contributed by atoms with Crippen LogP contribution < -0.4 is 11.1 Å². The van der Waals surface area contributed by atoms with Crippen molar-refractivity contribution in [3.63, 3.8) is 0 Å². The Balaban J connectivity index is 2.36. The van der Waals surface area contributed by atoms with Gasteiger partial charge >= 0.3 is 0 Å². The number of carbonyl (C=O) groups is 1. The van der Waals surface area contributed by atoms with Crippen molar-refractivity contribution >= 4 is 38.2 Å². The molecule has 2 heterocycles. The maximum Gasteiger partial charge on any atom is 0.271 e. The second-order valence-electron chi connectivity index (χ2n) is 6.04. The van der Waals surface area contributed by atoms with E-state index in [0.29, 0.717) is 28.0 Å². The molecular formula is C16H17N5O4S. The SMILES string of the molecule is Cc1noc(Nc2c(C(N)=O)nnc3c(C)cc(S(C)(=O)=O)cc23)c1C. The van der Waals surface area contributed by atoms with Crippen molar-refractivity contribution in [1.29, 1.82) is 0 Å². The molecule has 0 atom stereocenters. The minimum Gasteiger partial charge on any atom is -0.364 e. The predicted octanol–water partition coefficient (Wildman–Crippen LogP) is 1.79. The molecule has 0 aliphatic carbocycles. The number of aryl methyl sites for hydroxylation is 2. The Kier molecular flexibility index (Phi) is 4.15.